The van der Waals surface area contributed by atoms with Crippen LogP contribution in [0.3, 0.4) is 0 Å². The largest absolute Gasteiger partial charge is 0.858 e. The van der Waals surface area contributed by atoms with E-state index in [1.807, 2.05) is 55.9 Å². The molecular formula is C15H17IN2O. The van der Waals surface area contributed by atoms with E-state index in [0.29, 0.717) is 5.56 Å². The molecule has 1 heterocycles. The molecule has 3 nitrogen and oxygen atoms in total. The highest BCUT2D eigenvalue weighted by atomic mass is 127. The van der Waals surface area contributed by atoms with E-state index < -0.39 is 0 Å². The molecule has 0 N–H and O–H groups in total. The standard InChI is InChI=1S/C15H16N2O.HI/c1-11-9-12(2)17(3)10-14(11)16-15(18)13-7-5-4-6-8-13;/h4-10H,1-3H3;1H. The van der Waals surface area contributed by atoms with Crippen LogP contribution in [0.4, 0.5) is 5.69 Å². The molecule has 19 heavy (non-hydrogen) atoms. The highest BCUT2D eigenvalue weighted by molar-refractivity contribution is 14.0. The molecule has 0 aliphatic carbocycles. The number of aromatic nitrogens is 1. The Morgan fingerprint density at radius 1 is 1.16 bits per heavy atom. The number of rotatable bonds is 2. The Labute approximate surface area is 130 Å². The van der Waals surface area contributed by atoms with Crippen LogP contribution in [0, 0.1) is 13.8 Å². The molecule has 100 valence electrons. The molecule has 1 aromatic carbocycles. The summed E-state index contributed by atoms with van der Waals surface area (Å²) in [5, 5.41) is 12.0. The van der Waals surface area contributed by atoms with E-state index in [9.17, 15) is 5.11 Å². The first-order valence-corrected chi connectivity index (χ1v) is 5.86. The second-order valence-electron chi connectivity index (χ2n) is 4.38. The summed E-state index contributed by atoms with van der Waals surface area (Å²) in [5.41, 5.74) is 3.48. The Morgan fingerprint density at radius 2 is 1.79 bits per heavy atom. The molecule has 0 radical (unpaired) electrons. The Hall–Kier alpha value is -1.43. The van der Waals surface area contributed by atoms with E-state index in [-0.39, 0.29) is 29.9 Å². The smallest absolute Gasteiger partial charge is 0.194 e. The van der Waals surface area contributed by atoms with Crippen molar-refractivity contribution >= 4 is 35.6 Å². The van der Waals surface area contributed by atoms with Crippen LogP contribution >= 0.6 is 24.0 Å². The molecule has 4 heteroatoms. The summed E-state index contributed by atoms with van der Waals surface area (Å²) >= 11 is 0. The normalized spacial score (nSPS) is 11.0. The lowest BCUT2D eigenvalue weighted by Crippen LogP contribution is -2.31. The zero-order valence-electron chi connectivity index (χ0n) is 11.3. The first kappa shape index (κ1) is 15.6. The van der Waals surface area contributed by atoms with Gasteiger partial charge in [-0.25, -0.2) is 4.57 Å². The van der Waals surface area contributed by atoms with Crippen molar-refractivity contribution < 1.29 is 9.67 Å². The SMILES string of the molecule is Cc1cc(C)[n+](C)cc1N=C([O-])c1ccccc1.I. The summed E-state index contributed by atoms with van der Waals surface area (Å²) in [5.74, 6) is -0.206. The molecule has 0 spiro atoms. The third-order valence-electron chi connectivity index (χ3n) is 2.94. The number of halogens is 1. The van der Waals surface area contributed by atoms with Crippen molar-refractivity contribution in [2.24, 2.45) is 12.0 Å². The van der Waals surface area contributed by atoms with Gasteiger partial charge in [0.2, 0.25) is 0 Å². The molecule has 2 rings (SSSR count). The van der Waals surface area contributed by atoms with Crippen molar-refractivity contribution in [1.29, 1.82) is 0 Å². The number of hydrogen-bond donors (Lipinski definition) is 0. The van der Waals surface area contributed by atoms with Crippen LogP contribution in [-0.2, 0) is 7.05 Å². The van der Waals surface area contributed by atoms with Crippen LogP contribution < -0.4 is 9.67 Å². The van der Waals surface area contributed by atoms with Gasteiger partial charge in [0.15, 0.2) is 11.9 Å². The molecule has 0 saturated carbocycles. The minimum absolute atomic E-state index is 0. The number of pyridine rings is 1. The molecule has 0 saturated heterocycles. The topological polar surface area (TPSA) is 39.3 Å². The number of hydrogen-bond acceptors (Lipinski definition) is 2. The number of benzene rings is 1. The monoisotopic (exact) mass is 368 g/mol. The summed E-state index contributed by atoms with van der Waals surface area (Å²) in [6.45, 7) is 3.99. The molecule has 2 aromatic rings. The first-order chi connectivity index (χ1) is 8.58. The predicted octanol–water partition coefficient (Wildman–Crippen LogP) is 2.18. The summed E-state index contributed by atoms with van der Waals surface area (Å²) in [6, 6.07) is 11.1. The quantitative estimate of drug-likeness (QED) is 0.347. The third kappa shape index (κ3) is 3.76. The van der Waals surface area contributed by atoms with Crippen LogP contribution in [0.1, 0.15) is 16.8 Å². The zero-order chi connectivity index (χ0) is 13.1. The van der Waals surface area contributed by atoms with Crippen molar-refractivity contribution in [3.8, 4) is 0 Å². The first-order valence-electron chi connectivity index (χ1n) is 5.86. The summed E-state index contributed by atoms with van der Waals surface area (Å²) in [4.78, 5) is 4.17. The van der Waals surface area contributed by atoms with E-state index in [1.165, 1.54) is 0 Å². The van der Waals surface area contributed by atoms with Gasteiger partial charge in [-0.3, -0.25) is 4.99 Å². The van der Waals surface area contributed by atoms with Gasteiger partial charge >= 0.3 is 0 Å². The van der Waals surface area contributed by atoms with Crippen LogP contribution in [0.25, 0.3) is 0 Å². The molecule has 1 aromatic heterocycles. The van der Waals surface area contributed by atoms with Crippen molar-refractivity contribution in [3.63, 3.8) is 0 Å². The summed E-state index contributed by atoms with van der Waals surface area (Å²) in [6.07, 6.45) is 1.88. The number of nitrogens with zero attached hydrogens (tertiary/aromatic N) is 2. The average Bonchev–Trinajstić information content (AvgIpc) is 2.37. The predicted molar refractivity (Wildman–Crippen MR) is 85.1 cm³/mol. The van der Waals surface area contributed by atoms with Crippen LogP contribution in [0.15, 0.2) is 47.6 Å². The van der Waals surface area contributed by atoms with Gasteiger partial charge in [-0.15, -0.1) is 24.0 Å². The molecule has 0 fully saturated rings. The lowest BCUT2D eigenvalue weighted by Gasteiger charge is -2.11. The summed E-state index contributed by atoms with van der Waals surface area (Å²) < 4.78 is 1.96. The zero-order valence-corrected chi connectivity index (χ0v) is 13.6. The van der Waals surface area contributed by atoms with E-state index in [1.54, 1.807) is 12.1 Å². The molecule has 0 amide bonds. The molecule has 0 aliphatic rings. The molecule has 0 bridgehead atoms. The fourth-order valence-electron chi connectivity index (χ4n) is 1.75. The Morgan fingerprint density at radius 3 is 2.42 bits per heavy atom. The molecule has 0 aliphatic heterocycles. The fourth-order valence-corrected chi connectivity index (χ4v) is 1.75. The minimum atomic E-state index is -0.206. The minimum Gasteiger partial charge on any atom is -0.858 e. The van der Waals surface area contributed by atoms with Gasteiger partial charge in [0.05, 0.1) is 0 Å². The van der Waals surface area contributed by atoms with Gasteiger partial charge in [0, 0.05) is 13.0 Å². The summed E-state index contributed by atoms with van der Waals surface area (Å²) in [7, 11) is 1.95. The van der Waals surface area contributed by atoms with Gasteiger partial charge in [0.25, 0.3) is 0 Å². The molecule has 0 atom stereocenters. The maximum Gasteiger partial charge on any atom is 0.194 e. The van der Waals surface area contributed by atoms with Gasteiger partial charge in [-0.2, -0.15) is 0 Å². The van der Waals surface area contributed by atoms with Crippen molar-refractivity contribution in [1.82, 2.24) is 0 Å². The van der Waals surface area contributed by atoms with Crippen LogP contribution in [0.2, 0.25) is 0 Å². The van der Waals surface area contributed by atoms with E-state index >= 15 is 0 Å². The van der Waals surface area contributed by atoms with Gasteiger partial charge < -0.3 is 5.11 Å². The number of aryl methyl sites for hydroxylation is 3. The third-order valence-corrected chi connectivity index (χ3v) is 2.94. The fraction of sp³-hybridized carbons (Fsp3) is 0.200. The second kappa shape index (κ2) is 6.65. The molecular weight excluding hydrogens is 351 g/mol. The number of aliphatic imine (C=N–C) groups is 1. The van der Waals surface area contributed by atoms with Crippen molar-refractivity contribution in [3.05, 3.63) is 59.4 Å². The van der Waals surface area contributed by atoms with Crippen molar-refractivity contribution in [2.45, 2.75) is 13.8 Å². The van der Waals surface area contributed by atoms with E-state index in [0.717, 1.165) is 16.9 Å². The Bertz CT molecular complexity index is 595. The average molecular weight is 368 g/mol. The maximum atomic E-state index is 12.0. The van der Waals surface area contributed by atoms with Crippen molar-refractivity contribution in [2.75, 3.05) is 0 Å². The van der Waals surface area contributed by atoms with Crippen LogP contribution in [0.5, 0.6) is 0 Å². The lowest BCUT2D eigenvalue weighted by atomic mass is 10.2. The maximum absolute atomic E-state index is 12.0. The van der Waals surface area contributed by atoms with Gasteiger partial charge in [-0.1, -0.05) is 30.3 Å². The van der Waals surface area contributed by atoms with Crippen LogP contribution in [-0.4, -0.2) is 5.90 Å². The lowest BCUT2D eigenvalue weighted by molar-refractivity contribution is -0.677. The van der Waals surface area contributed by atoms with E-state index in [4.69, 9.17) is 0 Å². The van der Waals surface area contributed by atoms with Gasteiger partial charge in [0.1, 0.15) is 12.7 Å². The Balaban J connectivity index is 0.00000180. The highest BCUT2D eigenvalue weighted by Gasteiger charge is 2.06. The Kier molecular flexibility index (Phi) is 5.47. The second-order valence-corrected chi connectivity index (χ2v) is 4.38. The highest BCUT2D eigenvalue weighted by Crippen LogP contribution is 2.17. The molecule has 0 unspecified atom stereocenters. The van der Waals surface area contributed by atoms with E-state index in [2.05, 4.69) is 4.99 Å². The van der Waals surface area contributed by atoms with Gasteiger partial charge in [-0.05, 0) is 23.9 Å².